The van der Waals surface area contributed by atoms with Gasteiger partial charge in [0, 0.05) is 24.1 Å². The number of aromatic nitrogens is 3. The SMILES string of the molecule is CCOC(=O)CCCCCCCOc1cccc2c3n(nc12)CC(C(C)(C)C)n1cc(C(=O)OC)c(=O)cc1-3. The van der Waals surface area contributed by atoms with Gasteiger partial charge >= 0.3 is 11.9 Å². The van der Waals surface area contributed by atoms with Gasteiger partial charge in [-0.1, -0.05) is 52.2 Å². The number of hydrogen-bond donors (Lipinski definition) is 0. The van der Waals surface area contributed by atoms with Gasteiger partial charge in [0.2, 0.25) is 0 Å². The van der Waals surface area contributed by atoms with Crippen LogP contribution >= 0.6 is 0 Å². The molecule has 0 radical (unpaired) electrons. The van der Waals surface area contributed by atoms with Gasteiger partial charge in [0.15, 0.2) is 5.43 Å². The smallest absolute Gasteiger partial charge is 0.343 e. The number of nitrogens with zero attached hydrogens (tertiary/aromatic N) is 3. The lowest BCUT2D eigenvalue weighted by Crippen LogP contribution is -2.35. The van der Waals surface area contributed by atoms with Crippen molar-refractivity contribution in [2.45, 2.75) is 78.8 Å². The third kappa shape index (κ3) is 6.18. The molecule has 9 heteroatoms. The molecule has 1 aromatic carbocycles. The van der Waals surface area contributed by atoms with Crippen molar-refractivity contribution in [3.63, 3.8) is 0 Å². The number of fused-ring (bicyclic) bond motifs is 5. The minimum absolute atomic E-state index is 0.0256. The second kappa shape index (κ2) is 12.1. The van der Waals surface area contributed by atoms with Crippen LogP contribution < -0.4 is 10.2 Å². The molecule has 1 aliphatic heterocycles. The van der Waals surface area contributed by atoms with E-state index in [0.29, 0.717) is 31.9 Å². The Hall–Kier alpha value is -3.62. The summed E-state index contributed by atoms with van der Waals surface area (Å²) in [4.78, 5) is 36.6. The van der Waals surface area contributed by atoms with E-state index in [2.05, 4.69) is 20.8 Å². The molecule has 1 unspecified atom stereocenters. The standard InChI is InChI=1S/C30H39N3O6/c1-6-38-26(35)15-10-8-7-9-11-16-39-24-14-12-13-20-27(24)31-33-19-25(30(2,3)4)32-18-21(29(36)37-5)23(34)17-22(32)28(20)33/h12-14,17-18,25H,6-11,15-16,19H2,1-5H3. The first-order chi connectivity index (χ1) is 18.7. The third-order valence-corrected chi connectivity index (χ3v) is 7.23. The van der Waals surface area contributed by atoms with Gasteiger partial charge in [-0.25, -0.2) is 4.79 Å². The van der Waals surface area contributed by atoms with Gasteiger partial charge in [-0.05, 0) is 31.2 Å². The van der Waals surface area contributed by atoms with E-state index < -0.39 is 5.97 Å². The first-order valence-corrected chi connectivity index (χ1v) is 13.8. The molecule has 1 atom stereocenters. The van der Waals surface area contributed by atoms with Crippen LogP contribution in [-0.4, -0.2) is 46.6 Å². The summed E-state index contributed by atoms with van der Waals surface area (Å²) in [6.07, 6.45) is 6.92. The fourth-order valence-electron chi connectivity index (χ4n) is 5.17. The molecule has 4 rings (SSSR count). The zero-order valence-corrected chi connectivity index (χ0v) is 23.6. The van der Waals surface area contributed by atoms with Crippen LogP contribution in [0.3, 0.4) is 0 Å². The second-order valence-corrected chi connectivity index (χ2v) is 11.1. The molecule has 2 aromatic heterocycles. The first kappa shape index (κ1) is 28.4. The van der Waals surface area contributed by atoms with Crippen LogP contribution in [0.1, 0.15) is 82.6 Å². The van der Waals surface area contributed by atoms with E-state index in [4.69, 9.17) is 19.3 Å². The van der Waals surface area contributed by atoms with Gasteiger partial charge in [-0.2, -0.15) is 5.10 Å². The van der Waals surface area contributed by atoms with Crippen molar-refractivity contribution in [1.82, 2.24) is 14.3 Å². The molecule has 3 aromatic rings. The lowest BCUT2D eigenvalue weighted by molar-refractivity contribution is -0.143. The molecule has 0 amide bonds. The highest BCUT2D eigenvalue weighted by Gasteiger charge is 2.35. The predicted molar refractivity (Wildman–Crippen MR) is 149 cm³/mol. The number of pyridine rings is 1. The largest absolute Gasteiger partial charge is 0.491 e. The lowest BCUT2D eigenvalue weighted by Gasteiger charge is -2.38. The van der Waals surface area contributed by atoms with Crippen molar-refractivity contribution in [2.24, 2.45) is 5.41 Å². The fourth-order valence-corrected chi connectivity index (χ4v) is 5.17. The molecule has 0 fully saturated rings. The number of ether oxygens (including phenoxy) is 3. The Morgan fingerprint density at radius 1 is 1.10 bits per heavy atom. The maximum Gasteiger partial charge on any atom is 0.343 e. The van der Waals surface area contributed by atoms with E-state index in [1.54, 1.807) is 6.20 Å². The number of unbranched alkanes of at least 4 members (excludes halogenated alkanes) is 4. The zero-order chi connectivity index (χ0) is 28.2. The summed E-state index contributed by atoms with van der Waals surface area (Å²) in [5, 5.41) is 5.83. The predicted octanol–water partition coefficient (Wildman–Crippen LogP) is 5.53. The quantitative estimate of drug-likeness (QED) is 0.234. The highest BCUT2D eigenvalue weighted by Crippen LogP contribution is 2.43. The van der Waals surface area contributed by atoms with Crippen molar-refractivity contribution in [3.05, 3.63) is 46.2 Å². The van der Waals surface area contributed by atoms with Crippen molar-refractivity contribution < 1.29 is 23.8 Å². The molecule has 210 valence electrons. The summed E-state index contributed by atoms with van der Waals surface area (Å²) in [6, 6.07) is 7.34. The Kier molecular flexibility index (Phi) is 8.77. The zero-order valence-electron chi connectivity index (χ0n) is 23.6. The summed E-state index contributed by atoms with van der Waals surface area (Å²) >= 11 is 0. The lowest BCUT2D eigenvalue weighted by atomic mass is 9.85. The monoisotopic (exact) mass is 537 g/mol. The van der Waals surface area contributed by atoms with E-state index in [1.807, 2.05) is 34.4 Å². The van der Waals surface area contributed by atoms with Crippen molar-refractivity contribution in [2.75, 3.05) is 20.3 Å². The molecule has 39 heavy (non-hydrogen) atoms. The van der Waals surface area contributed by atoms with Crippen LogP contribution in [0.5, 0.6) is 5.75 Å². The van der Waals surface area contributed by atoms with Crippen molar-refractivity contribution in [3.8, 4) is 17.1 Å². The highest BCUT2D eigenvalue weighted by atomic mass is 16.5. The average molecular weight is 538 g/mol. The molecule has 9 nitrogen and oxygen atoms in total. The molecule has 0 spiro atoms. The molecule has 3 heterocycles. The van der Waals surface area contributed by atoms with Gasteiger partial charge in [0.05, 0.1) is 44.3 Å². The molecule has 0 saturated heterocycles. The minimum atomic E-state index is -0.637. The average Bonchev–Trinajstić information content (AvgIpc) is 3.28. The Labute approximate surface area is 229 Å². The molecule has 0 N–H and O–H groups in total. The van der Waals surface area contributed by atoms with Crippen LogP contribution in [0.15, 0.2) is 35.3 Å². The number of carbonyl (C=O) groups is 2. The van der Waals surface area contributed by atoms with Gasteiger partial charge < -0.3 is 18.8 Å². The van der Waals surface area contributed by atoms with Crippen LogP contribution in [0.25, 0.3) is 22.3 Å². The normalized spacial score (nSPS) is 14.5. The Morgan fingerprint density at radius 2 is 1.85 bits per heavy atom. The van der Waals surface area contributed by atoms with Gasteiger partial charge in [0.1, 0.15) is 16.8 Å². The third-order valence-electron chi connectivity index (χ3n) is 7.23. The Bertz CT molecular complexity index is 1400. The molecule has 0 saturated carbocycles. The maximum atomic E-state index is 12.9. The second-order valence-electron chi connectivity index (χ2n) is 11.1. The van der Waals surface area contributed by atoms with Gasteiger partial charge in [-0.15, -0.1) is 0 Å². The summed E-state index contributed by atoms with van der Waals surface area (Å²) in [7, 11) is 1.28. The fraction of sp³-hybridized carbons (Fsp3) is 0.533. The Balaban J connectivity index is 1.53. The molecular formula is C30H39N3O6. The molecular weight excluding hydrogens is 498 g/mol. The van der Waals surface area contributed by atoms with Crippen molar-refractivity contribution in [1.29, 1.82) is 0 Å². The van der Waals surface area contributed by atoms with Gasteiger partial charge in [-0.3, -0.25) is 14.3 Å². The van der Waals surface area contributed by atoms with Crippen LogP contribution in [-0.2, 0) is 20.8 Å². The topological polar surface area (TPSA) is 102 Å². The number of methoxy groups -OCH3 is 1. The molecule has 0 bridgehead atoms. The van der Waals surface area contributed by atoms with E-state index in [9.17, 15) is 14.4 Å². The molecule has 1 aliphatic rings. The molecule has 0 aliphatic carbocycles. The van der Waals surface area contributed by atoms with E-state index >= 15 is 0 Å². The first-order valence-electron chi connectivity index (χ1n) is 13.8. The summed E-state index contributed by atoms with van der Waals surface area (Å²) in [5.41, 5.74) is 1.80. The highest BCUT2D eigenvalue weighted by molar-refractivity contribution is 5.97. The number of rotatable bonds is 11. The number of carbonyl (C=O) groups excluding carboxylic acids is 2. The van der Waals surface area contributed by atoms with Crippen LogP contribution in [0.2, 0.25) is 0 Å². The summed E-state index contributed by atoms with van der Waals surface area (Å²) < 4.78 is 20.0. The summed E-state index contributed by atoms with van der Waals surface area (Å²) in [6.45, 7) is 9.83. The van der Waals surface area contributed by atoms with Crippen LogP contribution in [0, 0.1) is 5.41 Å². The maximum absolute atomic E-state index is 12.9. The van der Waals surface area contributed by atoms with E-state index in [0.717, 1.165) is 54.4 Å². The number of hydrogen-bond acceptors (Lipinski definition) is 7. The van der Waals surface area contributed by atoms with Crippen molar-refractivity contribution >= 4 is 22.8 Å². The van der Waals surface area contributed by atoms with E-state index in [-0.39, 0.29) is 28.4 Å². The number of benzene rings is 1. The minimum Gasteiger partial charge on any atom is -0.491 e. The Morgan fingerprint density at radius 3 is 2.56 bits per heavy atom. The van der Waals surface area contributed by atoms with Gasteiger partial charge in [0.25, 0.3) is 0 Å². The number of esters is 2. The van der Waals surface area contributed by atoms with Crippen LogP contribution in [0.4, 0.5) is 0 Å². The van der Waals surface area contributed by atoms with E-state index in [1.165, 1.54) is 13.2 Å². The summed E-state index contributed by atoms with van der Waals surface area (Å²) in [5.74, 6) is -0.0485.